The molecule has 2 rings (SSSR count). The van der Waals surface area contributed by atoms with Gasteiger partial charge in [-0.2, -0.15) is 0 Å². The number of methoxy groups -OCH3 is 1. The van der Waals surface area contributed by atoms with Crippen LogP contribution in [0, 0.1) is 10.1 Å². The van der Waals surface area contributed by atoms with Gasteiger partial charge in [0.15, 0.2) is 0 Å². The molecule has 8 nitrogen and oxygen atoms in total. The maximum Gasteiger partial charge on any atom is 0.336 e. The van der Waals surface area contributed by atoms with Gasteiger partial charge in [0.25, 0.3) is 5.69 Å². The Morgan fingerprint density at radius 3 is 2.56 bits per heavy atom. The fraction of sp³-hybridized carbons (Fsp3) is 0.368. The molecule has 0 spiro atoms. The van der Waals surface area contributed by atoms with Crippen LogP contribution in [-0.2, 0) is 19.1 Å². The maximum atomic E-state index is 12.8. The van der Waals surface area contributed by atoms with Gasteiger partial charge in [-0.3, -0.25) is 10.1 Å². The Kier molecular flexibility index (Phi) is 5.42. The number of carbonyl (C=O) groups is 2. The summed E-state index contributed by atoms with van der Waals surface area (Å²) in [6.07, 6.45) is -0.898. The highest BCUT2D eigenvalue weighted by Crippen LogP contribution is 2.40. The zero-order valence-electron chi connectivity index (χ0n) is 17.3. The average Bonchev–Trinajstić information content (AvgIpc) is 2.70. The number of benzene rings is 1. The number of carbonyl (C=O) groups excluding carboxylic acids is 2. The third-order valence-electron chi connectivity index (χ3n) is 4.13. The topological polar surface area (TPSA) is 108 Å². The molecule has 8 heteroatoms. The molecule has 1 heterocycles. The summed E-state index contributed by atoms with van der Waals surface area (Å²) >= 11 is 0. The van der Waals surface area contributed by atoms with Gasteiger partial charge in [0, 0.05) is 26.3 Å². The Morgan fingerprint density at radius 1 is 1.30 bits per heavy atom. The van der Waals surface area contributed by atoms with Crippen molar-refractivity contribution in [1.82, 2.24) is 5.32 Å². The van der Waals surface area contributed by atoms with Crippen LogP contribution in [0.15, 0.2) is 46.8 Å². The number of nitrogens with zero attached hydrogens (tertiary/aromatic N) is 1. The van der Waals surface area contributed by atoms with Crippen LogP contribution in [-0.4, -0.2) is 30.6 Å². The number of nitro benzene ring substituents is 1. The van der Waals surface area contributed by atoms with Crippen LogP contribution < -0.4 is 5.32 Å². The molecule has 1 aromatic carbocycles. The molecule has 0 aliphatic carbocycles. The Hall–Kier alpha value is -3.16. The van der Waals surface area contributed by atoms with E-state index in [4.69, 9.17) is 12.2 Å². The standard InChI is InChI=1S/C19H22N2O6/c1-5-9-27-19(23)16-12(3)20-11(2)15(18(22)26-4)17(16)13-7-6-8-14(10-13)21(24)25/h6-8,10,17,20H,5,9H2,1-4H3/i1T,5T. The Bertz CT molecular complexity index is 896. The van der Waals surface area contributed by atoms with Crippen molar-refractivity contribution in [2.75, 3.05) is 13.7 Å². The summed E-state index contributed by atoms with van der Waals surface area (Å²) < 4.78 is 24.8. The van der Waals surface area contributed by atoms with E-state index in [0.717, 1.165) is 0 Å². The van der Waals surface area contributed by atoms with Gasteiger partial charge in [0.2, 0.25) is 0 Å². The highest BCUT2D eigenvalue weighted by molar-refractivity contribution is 5.99. The molecular weight excluding hydrogens is 352 g/mol. The molecule has 0 fully saturated rings. The minimum atomic E-state index is -0.948. The quantitative estimate of drug-likeness (QED) is 0.460. The van der Waals surface area contributed by atoms with Crippen LogP contribution in [0.4, 0.5) is 5.69 Å². The smallest absolute Gasteiger partial charge is 0.336 e. The summed E-state index contributed by atoms with van der Waals surface area (Å²) in [5.41, 5.74) is 1.27. The van der Waals surface area contributed by atoms with Gasteiger partial charge in [-0.25, -0.2) is 9.59 Å². The maximum absolute atomic E-state index is 12.8. The highest BCUT2D eigenvalue weighted by atomic mass is 16.6. The molecule has 1 aromatic rings. The van der Waals surface area contributed by atoms with Crippen LogP contribution in [0.1, 0.15) is 41.4 Å². The lowest BCUT2D eigenvalue weighted by molar-refractivity contribution is -0.384. The van der Waals surface area contributed by atoms with E-state index in [2.05, 4.69) is 5.32 Å². The molecule has 0 aromatic heterocycles. The van der Waals surface area contributed by atoms with Gasteiger partial charge in [-0.15, -0.1) is 0 Å². The van der Waals surface area contributed by atoms with E-state index in [1.54, 1.807) is 19.9 Å². The van der Waals surface area contributed by atoms with Crippen molar-refractivity contribution in [3.8, 4) is 0 Å². The summed E-state index contributed by atoms with van der Waals surface area (Å²) in [7, 11) is 1.20. The molecule has 1 aliphatic heterocycles. The number of non-ortho nitro benzene ring substituents is 1. The van der Waals surface area contributed by atoms with E-state index in [9.17, 15) is 19.7 Å². The monoisotopic (exact) mass is 378 g/mol. The van der Waals surface area contributed by atoms with Gasteiger partial charge in [0.1, 0.15) is 0 Å². The average molecular weight is 378 g/mol. The van der Waals surface area contributed by atoms with Crippen LogP contribution in [0.2, 0.25) is 0 Å². The Balaban J connectivity index is 2.59. The van der Waals surface area contributed by atoms with Crippen LogP contribution >= 0.6 is 0 Å². The van der Waals surface area contributed by atoms with Crippen molar-refractivity contribution in [3.63, 3.8) is 0 Å². The molecule has 0 amide bonds. The Labute approximate surface area is 159 Å². The molecule has 1 aliphatic rings. The highest BCUT2D eigenvalue weighted by Gasteiger charge is 2.38. The number of allylic oxidation sites excluding steroid dienone is 2. The number of rotatable bonds is 6. The predicted octanol–water partition coefficient (Wildman–Crippen LogP) is 2.96. The number of nitro groups is 1. The lowest BCUT2D eigenvalue weighted by atomic mass is 9.80. The van der Waals surface area contributed by atoms with E-state index in [1.165, 1.54) is 25.3 Å². The number of hydrogen-bond donors (Lipinski definition) is 1. The van der Waals surface area contributed by atoms with Crippen molar-refractivity contribution < 1.29 is 26.7 Å². The largest absolute Gasteiger partial charge is 0.466 e. The number of nitrogens with one attached hydrogen (secondary N) is 1. The molecule has 1 N–H and O–H groups in total. The van der Waals surface area contributed by atoms with E-state index >= 15 is 0 Å². The third kappa shape index (κ3) is 4.16. The molecular formula is C19H22N2O6. The zero-order valence-corrected chi connectivity index (χ0v) is 15.3. The Morgan fingerprint density at radius 2 is 1.96 bits per heavy atom. The first-order valence-corrected chi connectivity index (χ1v) is 8.11. The van der Waals surface area contributed by atoms with Crippen molar-refractivity contribution in [2.45, 2.75) is 33.1 Å². The lowest BCUT2D eigenvalue weighted by Crippen LogP contribution is -2.32. The number of hydrogen-bond acceptors (Lipinski definition) is 7. The molecule has 0 saturated carbocycles. The molecule has 0 bridgehead atoms. The molecule has 27 heavy (non-hydrogen) atoms. The first-order valence-electron chi connectivity index (χ1n) is 9.39. The van der Waals surface area contributed by atoms with E-state index in [1.807, 2.05) is 0 Å². The van der Waals surface area contributed by atoms with Crippen molar-refractivity contribution in [1.29, 1.82) is 0 Å². The number of ether oxygens (including phenoxy) is 2. The minimum absolute atomic E-state index is 0.0914. The fourth-order valence-electron chi connectivity index (χ4n) is 3.01. The SMILES string of the molecule is [3H]CC([3H])COC(=O)C1=C(C)NC(C)=C(C(=O)OC)C1c1cccc([N+](=O)[O-])c1. The summed E-state index contributed by atoms with van der Waals surface area (Å²) in [6, 6.07) is 5.66. The molecule has 2 unspecified atom stereocenters. The second-order valence-electron chi connectivity index (χ2n) is 5.87. The molecule has 2 atom stereocenters. The van der Waals surface area contributed by atoms with Crippen LogP contribution in [0.5, 0.6) is 0 Å². The second kappa shape index (κ2) is 8.48. The zero-order chi connectivity index (χ0) is 21.7. The van der Waals surface area contributed by atoms with Crippen molar-refractivity contribution in [2.24, 2.45) is 0 Å². The first-order chi connectivity index (χ1) is 13.7. The lowest BCUT2D eigenvalue weighted by Gasteiger charge is -2.30. The summed E-state index contributed by atoms with van der Waals surface area (Å²) in [4.78, 5) is 36.0. The van der Waals surface area contributed by atoms with Crippen LogP contribution in [0.25, 0.3) is 0 Å². The van der Waals surface area contributed by atoms with Gasteiger partial charge in [0.05, 0.1) is 35.7 Å². The molecule has 144 valence electrons. The van der Waals surface area contributed by atoms with E-state index in [-0.39, 0.29) is 30.3 Å². The number of esters is 2. The van der Waals surface area contributed by atoms with Gasteiger partial charge < -0.3 is 14.8 Å². The minimum Gasteiger partial charge on any atom is -0.466 e. The molecule has 0 radical (unpaired) electrons. The third-order valence-corrected chi connectivity index (χ3v) is 4.13. The van der Waals surface area contributed by atoms with Crippen LogP contribution in [0.3, 0.4) is 0 Å². The van der Waals surface area contributed by atoms with Crippen molar-refractivity contribution in [3.05, 3.63) is 62.5 Å². The molecule has 0 saturated heterocycles. The second-order valence-corrected chi connectivity index (χ2v) is 5.87. The van der Waals surface area contributed by atoms with Crippen molar-refractivity contribution >= 4 is 17.6 Å². The van der Waals surface area contributed by atoms with Gasteiger partial charge in [-0.1, -0.05) is 19.0 Å². The summed E-state index contributed by atoms with van der Waals surface area (Å²) in [5.74, 6) is -2.41. The summed E-state index contributed by atoms with van der Waals surface area (Å²) in [6.45, 7) is 2.75. The van der Waals surface area contributed by atoms with E-state index < -0.39 is 29.2 Å². The fourth-order valence-corrected chi connectivity index (χ4v) is 3.01. The van der Waals surface area contributed by atoms with E-state index in [0.29, 0.717) is 17.0 Å². The van der Waals surface area contributed by atoms with Gasteiger partial charge >= 0.3 is 11.9 Å². The number of dihydropyridines is 1. The summed E-state index contributed by atoms with van der Waals surface area (Å²) in [5, 5.41) is 14.2. The predicted molar refractivity (Wildman–Crippen MR) is 97.6 cm³/mol. The normalized spacial score (nSPS) is 18.9. The first kappa shape index (κ1) is 17.3. The van der Waals surface area contributed by atoms with Gasteiger partial charge in [-0.05, 0) is 25.8 Å².